The third-order valence-corrected chi connectivity index (χ3v) is 7.82. The van der Waals surface area contributed by atoms with Gasteiger partial charge in [-0.2, -0.15) is 13.2 Å². The number of nitrogens with zero attached hydrogens (tertiary/aromatic N) is 2. The van der Waals surface area contributed by atoms with Crippen LogP contribution >= 0.6 is 0 Å². The minimum absolute atomic E-state index is 0.0216. The van der Waals surface area contributed by atoms with Gasteiger partial charge in [0.25, 0.3) is 0 Å². The van der Waals surface area contributed by atoms with Crippen LogP contribution in [0, 0.1) is 11.8 Å². The first kappa shape index (κ1) is 23.5. The zero-order valence-corrected chi connectivity index (χ0v) is 20.1. The molecule has 2 saturated heterocycles. The van der Waals surface area contributed by atoms with Crippen LogP contribution in [0.25, 0.3) is 6.08 Å². The second-order valence-corrected chi connectivity index (χ2v) is 9.83. The Bertz CT molecular complexity index is 1600. The summed E-state index contributed by atoms with van der Waals surface area (Å²) in [5.74, 6) is -2.93. The minimum atomic E-state index is -4.65. The topological polar surface area (TPSA) is 76.1 Å². The molecule has 0 radical (unpaired) electrons. The van der Waals surface area contributed by atoms with Gasteiger partial charge in [-0.1, -0.05) is 30.3 Å². The van der Waals surface area contributed by atoms with Gasteiger partial charge in [0.05, 0.1) is 29.1 Å². The molecule has 0 N–H and O–H groups in total. The fourth-order valence-corrected chi connectivity index (χ4v) is 6.15. The van der Waals surface area contributed by atoms with E-state index in [1.54, 1.807) is 29.3 Å². The number of carbonyl (C=O) groups is 3. The summed E-state index contributed by atoms with van der Waals surface area (Å²) >= 11 is 0. The van der Waals surface area contributed by atoms with Crippen LogP contribution in [0.1, 0.15) is 33.1 Å². The Morgan fingerprint density at radius 3 is 2.46 bits per heavy atom. The number of carbonyl (C=O) groups excluding carboxylic acids is 3. The number of imide groups is 1. The number of benzene rings is 3. The van der Waals surface area contributed by atoms with Gasteiger partial charge >= 0.3 is 6.18 Å². The zero-order chi connectivity index (χ0) is 27.1. The highest BCUT2D eigenvalue weighted by Gasteiger charge is 2.64. The largest absolute Gasteiger partial charge is 0.454 e. The second-order valence-electron chi connectivity index (χ2n) is 9.83. The van der Waals surface area contributed by atoms with E-state index in [1.807, 2.05) is 30.3 Å². The normalized spacial score (nSPS) is 24.6. The summed E-state index contributed by atoms with van der Waals surface area (Å²) in [6.45, 7) is 0.0216. The maximum atomic E-state index is 14.0. The standard InChI is InChI=1S/C29H19F3N2O5/c30-29(31,32)17-5-3-6-18(13-17)34-27(36)22-23(28(34)37)25(26(35)16-8-9-20-21(12-16)39-14-38-20)33-11-10-15-4-1-2-7-19(15)24(22)33/h1-13,22-25H,14H2/t22-,23+,24+,25-/m0/s1. The first-order chi connectivity index (χ1) is 18.7. The Hall–Kier alpha value is -4.60. The molecular formula is C29H19F3N2O5. The first-order valence-electron chi connectivity index (χ1n) is 12.3. The van der Waals surface area contributed by atoms with Crippen LogP contribution in [-0.4, -0.2) is 35.3 Å². The lowest BCUT2D eigenvalue weighted by Crippen LogP contribution is -2.44. The van der Waals surface area contributed by atoms with Crippen molar-refractivity contribution in [1.29, 1.82) is 0 Å². The van der Waals surface area contributed by atoms with Crippen LogP contribution < -0.4 is 14.4 Å². The third kappa shape index (κ3) is 3.40. The van der Waals surface area contributed by atoms with Crippen molar-refractivity contribution in [3.8, 4) is 11.5 Å². The number of amides is 2. The molecule has 3 aromatic carbocycles. The summed E-state index contributed by atoms with van der Waals surface area (Å²) in [6.07, 6.45) is -1.11. The predicted molar refractivity (Wildman–Crippen MR) is 132 cm³/mol. The number of hydrogen-bond donors (Lipinski definition) is 0. The number of rotatable bonds is 3. The molecule has 196 valence electrons. The molecule has 0 aliphatic carbocycles. The Kier molecular flexibility index (Phi) is 4.94. The van der Waals surface area contributed by atoms with Gasteiger partial charge in [-0.3, -0.25) is 14.4 Å². The molecule has 10 heteroatoms. The van der Waals surface area contributed by atoms with Crippen molar-refractivity contribution in [3.63, 3.8) is 0 Å². The van der Waals surface area contributed by atoms with E-state index in [0.29, 0.717) is 11.5 Å². The van der Waals surface area contributed by atoms with Gasteiger partial charge in [0.2, 0.25) is 18.6 Å². The Balaban J connectivity index is 1.35. The fourth-order valence-electron chi connectivity index (χ4n) is 6.15. The molecule has 0 spiro atoms. The highest BCUT2D eigenvalue weighted by Crippen LogP contribution is 2.54. The van der Waals surface area contributed by atoms with Crippen LogP contribution in [0.5, 0.6) is 11.5 Å². The number of anilines is 1. The minimum Gasteiger partial charge on any atom is -0.454 e. The maximum Gasteiger partial charge on any atom is 0.416 e. The van der Waals surface area contributed by atoms with E-state index in [-0.39, 0.29) is 18.0 Å². The van der Waals surface area contributed by atoms with E-state index in [0.717, 1.165) is 34.2 Å². The van der Waals surface area contributed by atoms with Crippen molar-refractivity contribution in [2.45, 2.75) is 18.3 Å². The molecule has 0 saturated carbocycles. The van der Waals surface area contributed by atoms with Crippen LogP contribution in [0.4, 0.5) is 18.9 Å². The highest BCUT2D eigenvalue weighted by molar-refractivity contribution is 6.24. The molecule has 0 bridgehead atoms. The molecule has 39 heavy (non-hydrogen) atoms. The number of ketones is 1. The lowest BCUT2D eigenvalue weighted by Gasteiger charge is -2.35. The van der Waals surface area contributed by atoms with Gasteiger partial charge in [0.15, 0.2) is 17.3 Å². The number of halogens is 3. The van der Waals surface area contributed by atoms with E-state index >= 15 is 0 Å². The van der Waals surface area contributed by atoms with Crippen LogP contribution in [-0.2, 0) is 15.8 Å². The molecule has 4 heterocycles. The maximum absolute atomic E-state index is 14.0. The van der Waals surface area contributed by atoms with E-state index in [2.05, 4.69) is 0 Å². The van der Waals surface area contributed by atoms with Crippen molar-refractivity contribution in [3.05, 3.63) is 95.2 Å². The number of fused-ring (bicyclic) bond motifs is 6. The summed E-state index contributed by atoms with van der Waals surface area (Å²) in [7, 11) is 0. The monoisotopic (exact) mass is 532 g/mol. The molecule has 7 rings (SSSR count). The van der Waals surface area contributed by atoms with Crippen LogP contribution in [0.15, 0.2) is 72.9 Å². The van der Waals surface area contributed by atoms with Crippen molar-refractivity contribution < 1.29 is 37.0 Å². The molecule has 7 nitrogen and oxygen atoms in total. The fraction of sp³-hybridized carbons (Fsp3) is 0.207. The molecule has 4 atom stereocenters. The van der Waals surface area contributed by atoms with Gasteiger partial charge in [-0.15, -0.1) is 0 Å². The third-order valence-electron chi connectivity index (χ3n) is 7.82. The molecule has 2 amide bonds. The lowest BCUT2D eigenvalue weighted by molar-refractivity contribution is -0.137. The van der Waals surface area contributed by atoms with Crippen LogP contribution in [0.2, 0.25) is 0 Å². The number of Topliss-reactive ketones (excluding diaryl/α,β-unsaturated/α-hetero) is 1. The smallest absolute Gasteiger partial charge is 0.416 e. The second kappa shape index (κ2) is 8.20. The van der Waals surface area contributed by atoms with Gasteiger partial charge in [0, 0.05) is 11.8 Å². The Labute approximate surface area is 220 Å². The summed E-state index contributed by atoms with van der Waals surface area (Å²) in [5.41, 5.74) is 0.732. The van der Waals surface area contributed by atoms with E-state index < -0.39 is 53.3 Å². The zero-order valence-electron chi connectivity index (χ0n) is 20.1. The van der Waals surface area contributed by atoms with Crippen molar-refractivity contribution >= 4 is 29.4 Å². The number of ether oxygens (including phenoxy) is 2. The summed E-state index contributed by atoms with van der Waals surface area (Å²) < 4.78 is 51.1. The van der Waals surface area contributed by atoms with E-state index in [4.69, 9.17) is 9.47 Å². The SMILES string of the molecule is O=C(c1ccc2c(c1)OCO2)[C@@H]1[C@@H]2C(=O)N(c3cccc(C(F)(F)F)c3)C(=O)[C@@H]2[C@H]2c3ccccc3C=CN12. The average Bonchev–Trinajstić information content (AvgIpc) is 3.60. The number of hydrogen-bond acceptors (Lipinski definition) is 6. The van der Waals surface area contributed by atoms with Crippen molar-refractivity contribution in [2.24, 2.45) is 11.8 Å². The van der Waals surface area contributed by atoms with Crippen molar-refractivity contribution in [1.82, 2.24) is 4.90 Å². The molecular weight excluding hydrogens is 513 g/mol. The molecule has 4 aliphatic rings. The van der Waals surface area contributed by atoms with Crippen molar-refractivity contribution in [2.75, 3.05) is 11.7 Å². The van der Waals surface area contributed by atoms with Gasteiger partial charge < -0.3 is 14.4 Å². The van der Waals surface area contributed by atoms with Gasteiger partial charge in [0.1, 0.15) is 6.04 Å². The van der Waals surface area contributed by atoms with E-state index in [1.165, 1.54) is 6.07 Å². The quantitative estimate of drug-likeness (QED) is 0.355. The predicted octanol–water partition coefficient (Wildman–Crippen LogP) is 4.83. The van der Waals surface area contributed by atoms with Gasteiger partial charge in [-0.05, 0) is 53.6 Å². The molecule has 0 unspecified atom stereocenters. The number of alkyl halides is 3. The summed E-state index contributed by atoms with van der Waals surface area (Å²) in [4.78, 5) is 44.4. The molecule has 3 aromatic rings. The Morgan fingerprint density at radius 2 is 1.64 bits per heavy atom. The van der Waals surface area contributed by atoms with E-state index in [9.17, 15) is 27.6 Å². The molecule has 0 aromatic heterocycles. The lowest BCUT2D eigenvalue weighted by atomic mass is 9.83. The molecule has 2 fully saturated rings. The Morgan fingerprint density at radius 1 is 0.872 bits per heavy atom. The average molecular weight is 532 g/mol. The summed E-state index contributed by atoms with van der Waals surface area (Å²) in [6, 6.07) is 14.5. The van der Waals surface area contributed by atoms with Gasteiger partial charge in [-0.25, -0.2) is 4.90 Å². The van der Waals surface area contributed by atoms with Crippen LogP contribution in [0.3, 0.4) is 0 Å². The first-order valence-corrected chi connectivity index (χ1v) is 12.3. The molecule has 4 aliphatic heterocycles. The highest BCUT2D eigenvalue weighted by atomic mass is 19.4. The summed E-state index contributed by atoms with van der Waals surface area (Å²) in [5, 5.41) is 0.